The summed E-state index contributed by atoms with van der Waals surface area (Å²) in [4.78, 5) is 49.3. The molecule has 0 spiro atoms. The van der Waals surface area contributed by atoms with Gasteiger partial charge in [0.25, 0.3) is 0 Å². The van der Waals surface area contributed by atoms with Crippen molar-refractivity contribution in [3.8, 4) is 11.8 Å². The molecular formula is C27H30N6O6. The van der Waals surface area contributed by atoms with E-state index in [-0.39, 0.29) is 48.3 Å². The molecule has 12 nitrogen and oxygen atoms in total. The molecule has 1 saturated carbocycles. The highest BCUT2D eigenvalue weighted by molar-refractivity contribution is 6.01. The zero-order valence-corrected chi connectivity index (χ0v) is 21.7. The van der Waals surface area contributed by atoms with Gasteiger partial charge >= 0.3 is 6.03 Å². The van der Waals surface area contributed by atoms with E-state index in [1.165, 1.54) is 11.1 Å². The number of aryl methyl sites for hydroxylation is 1. The molecule has 3 aliphatic rings. The van der Waals surface area contributed by atoms with Crippen LogP contribution in [0.1, 0.15) is 52.9 Å². The Hall–Kier alpha value is -4.08. The van der Waals surface area contributed by atoms with Crippen molar-refractivity contribution in [3.05, 3.63) is 40.7 Å². The molecule has 2 atom stereocenters. The number of carbonyl (C=O) groups excluding carboxylic acids is 3. The van der Waals surface area contributed by atoms with Crippen LogP contribution < -0.4 is 15.0 Å². The quantitative estimate of drug-likeness (QED) is 0.529. The van der Waals surface area contributed by atoms with E-state index in [0.29, 0.717) is 56.0 Å². The molecule has 39 heavy (non-hydrogen) atoms. The average Bonchev–Trinajstić information content (AvgIpc) is 3.40. The Morgan fingerprint density at radius 1 is 1.28 bits per heavy atom. The van der Waals surface area contributed by atoms with Crippen molar-refractivity contribution in [3.63, 3.8) is 0 Å². The molecule has 5 rings (SSSR count). The number of urea groups is 1. The second-order valence-corrected chi connectivity index (χ2v) is 9.73. The molecule has 2 aromatic heterocycles. The number of anilines is 2. The number of aromatic nitrogens is 2. The van der Waals surface area contributed by atoms with Crippen LogP contribution in [-0.2, 0) is 27.2 Å². The van der Waals surface area contributed by atoms with E-state index in [4.69, 9.17) is 14.2 Å². The number of methoxy groups -OCH3 is 1. The number of pyridine rings is 2. The average molecular weight is 535 g/mol. The van der Waals surface area contributed by atoms with Crippen LogP contribution in [0.5, 0.6) is 5.75 Å². The topological polar surface area (TPSA) is 147 Å². The van der Waals surface area contributed by atoms with Crippen LogP contribution >= 0.6 is 0 Å². The Bertz CT molecular complexity index is 1310. The van der Waals surface area contributed by atoms with Gasteiger partial charge in [-0.3, -0.25) is 19.8 Å². The third kappa shape index (κ3) is 5.69. The van der Waals surface area contributed by atoms with Crippen molar-refractivity contribution in [2.45, 2.75) is 50.9 Å². The van der Waals surface area contributed by atoms with Crippen LogP contribution in [0.3, 0.4) is 0 Å². The first kappa shape index (κ1) is 26.5. The maximum absolute atomic E-state index is 13.3. The minimum absolute atomic E-state index is 0.0203. The number of nitrogens with one attached hydrogen (secondary N) is 1. The molecule has 4 heterocycles. The molecule has 2 fully saturated rings. The third-order valence-corrected chi connectivity index (χ3v) is 7.27. The summed E-state index contributed by atoms with van der Waals surface area (Å²) >= 11 is 0. The maximum Gasteiger partial charge on any atom is 0.328 e. The number of hydrogen-bond donors (Lipinski definition) is 1. The Morgan fingerprint density at radius 2 is 2.13 bits per heavy atom. The smallest absolute Gasteiger partial charge is 0.328 e. The molecule has 2 aliphatic heterocycles. The molecule has 2 aromatic rings. The van der Waals surface area contributed by atoms with Crippen LogP contribution in [0.15, 0.2) is 18.3 Å². The van der Waals surface area contributed by atoms with Gasteiger partial charge in [-0.1, -0.05) is 0 Å². The number of morpholine rings is 1. The van der Waals surface area contributed by atoms with Crippen molar-refractivity contribution in [2.24, 2.45) is 0 Å². The predicted molar refractivity (Wildman–Crippen MR) is 139 cm³/mol. The zero-order valence-electron chi connectivity index (χ0n) is 21.7. The fourth-order valence-electron chi connectivity index (χ4n) is 5.23. The molecule has 1 N–H and O–H groups in total. The molecule has 1 unspecified atom stereocenters. The second kappa shape index (κ2) is 11.8. The lowest BCUT2D eigenvalue weighted by Gasteiger charge is -2.31. The lowest BCUT2D eigenvalue weighted by atomic mass is 10.0. The Morgan fingerprint density at radius 3 is 2.90 bits per heavy atom. The summed E-state index contributed by atoms with van der Waals surface area (Å²) < 4.78 is 16.8. The predicted octanol–water partition coefficient (Wildman–Crippen LogP) is 2.45. The number of nitriles is 1. The molecule has 12 heteroatoms. The van der Waals surface area contributed by atoms with E-state index < -0.39 is 6.03 Å². The number of hydrogen-bond acceptors (Lipinski definition) is 9. The number of nitrogens with zero attached hydrogens (tertiary/aromatic N) is 5. The number of rotatable bonds is 7. The summed E-state index contributed by atoms with van der Waals surface area (Å²) in [5.74, 6) is 0.822. The third-order valence-electron chi connectivity index (χ3n) is 7.27. The summed E-state index contributed by atoms with van der Waals surface area (Å²) in [6, 6.07) is 5.02. The number of amides is 3. The zero-order chi connectivity index (χ0) is 27.4. The maximum atomic E-state index is 13.3. The van der Waals surface area contributed by atoms with Crippen LogP contribution in [0.25, 0.3) is 0 Å². The van der Waals surface area contributed by atoms with Crippen LogP contribution in [-0.4, -0.2) is 78.7 Å². The highest BCUT2D eigenvalue weighted by Crippen LogP contribution is 2.31. The van der Waals surface area contributed by atoms with E-state index in [0.717, 1.165) is 24.8 Å². The van der Waals surface area contributed by atoms with Crippen molar-refractivity contribution >= 4 is 29.9 Å². The molecule has 3 amide bonds. The number of ether oxygens (including phenoxy) is 3. The fourth-order valence-corrected chi connectivity index (χ4v) is 5.23. The molecule has 0 radical (unpaired) electrons. The molecule has 0 aromatic carbocycles. The summed E-state index contributed by atoms with van der Waals surface area (Å²) in [5, 5.41) is 12.3. The van der Waals surface area contributed by atoms with Gasteiger partial charge in [-0.15, -0.1) is 0 Å². The van der Waals surface area contributed by atoms with Gasteiger partial charge in [-0.05, 0) is 43.7 Å². The van der Waals surface area contributed by atoms with Crippen molar-refractivity contribution in [1.29, 1.82) is 5.26 Å². The monoisotopic (exact) mass is 534 g/mol. The van der Waals surface area contributed by atoms with Gasteiger partial charge in [0, 0.05) is 38.4 Å². The van der Waals surface area contributed by atoms with Gasteiger partial charge in [0.2, 0.25) is 5.91 Å². The van der Waals surface area contributed by atoms with Crippen LogP contribution in [0.2, 0.25) is 0 Å². The molecule has 0 bridgehead atoms. The molecule has 1 aliphatic carbocycles. The van der Waals surface area contributed by atoms with Gasteiger partial charge in [-0.2, -0.15) is 5.26 Å². The molecular weight excluding hydrogens is 504 g/mol. The first-order valence-corrected chi connectivity index (χ1v) is 13.0. The first-order chi connectivity index (χ1) is 19.0. The van der Waals surface area contributed by atoms with E-state index in [1.54, 1.807) is 18.1 Å². The summed E-state index contributed by atoms with van der Waals surface area (Å²) in [6.07, 6.45) is 5.82. The normalized spacial score (nSPS) is 20.8. The van der Waals surface area contributed by atoms with Crippen molar-refractivity contribution < 1.29 is 28.6 Å². The van der Waals surface area contributed by atoms with E-state index >= 15 is 0 Å². The SMILES string of the molecule is CO[C@@H]1CCCC1Oc1cc(NC(=O)N2CCCc3cc(CN4CCOCC4=O)c(C=O)nc32)ncc1C#N. The Kier molecular flexibility index (Phi) is 7.99. The van der Waals surface area contributed by atoms with Crippen LogP contribution in [0, 0.1) is 11.3 Å². The molecule has 1 saturated heterocycles. The van der Waals surface area contributed by atoms with E-state index in [9.17, 15) is 19.6 Å². The van der Waals surface area contributed by atoms with Crippen molar-refractivity contribution in [1.82, 2.24) is 14.9 Å². The summed E-state index contributed by atoms with van der Waals surface area (Å²) in [5.41, 5.74) is 1.91. The van der Waals surface area contributed by atoms with Gasteiger partial charge in [-0.25, -0.2) is 14.8 Å². The Labute approximate surface area is 225 Å². The standard InChI is InChI=1S/C27H30N6O6/c1-37-21-5-2-6-22(21)39-23-11-24(29-13-19(23)12-28)31-27(36)33-7-3-4-17-10-18(20(15-34)30-26(17)33)14-32-8-9-38-16-25(32)35/h10-11,13,15,21-22H,2-9,14,16H2,1H3,(H,29,31,36)/t21-,22?/m1/s1. The lowest BCUT2D eigenvalue weighted by Crippen LogP contribution is -2.42. The first-order valence-electron chi connectivity index (χ1n) is 13.0. The van der Waals surface area contributed by atoms with Crippen LogP contribution in [0.4, 0.5) is 16.4 Å². The summed E-state index contributed by atoms with van der Waals surface area (Å²) in [7, 11) is 1.64. The summed E-state index contributed by atoms with van der Waals surface area (Å²) in [6.45, 7) is 1.57. The minimum atomic E-state index is -0.463. The highest BCUT2D eigenvalue weighted by Gasteiger charge is 2.31. The lowest BCUT2D eigenvalue weighted by molar-refractivity contribution is -0.143. The van der Waals surface area contributed by atoms with Crippen molar-refractivity contribution in [2.75, 3.05) is 43.6 Å². The van der Waals surface area contributed by atoms with Gasteiger partial charge < -0.3 is 19.1 Å². The van der Waals surface area contributed by atoms with Gasteiger partial charge in [0.15, 0.2) is 6.29 Å². The minimum Gasteiger partial charge on any atom is -0.486 e. The van der Waals surface area contributed by atoms with E-state index in [2.05, 4.69) is 21.4 Å². The highest BCUT2D eigenvalue weighted by atomic mass is 16.5. The Balaban J connectivity index is 1.35. The van der Waals surface area contributed by atoms with Gasteiger partial charge in [0.1, 0.15) is 47.4 Å². The molecule has 204 valence electrons. The number of fused-ring (bicyclic) bond motifs is 1. The van der Waals surface area contributed by atoms with Gasteiger partial charge in [0.05, 0.1) is 18.9 Å². The fraction of sp³-hybridized carbons (Fsp3) is 0.481. The second-order valence-electron chi connectivity index (χ2n) is 9.73. The van der Waals surface area contributed by atoms with E-state index in [1.807, 2.05) is 6.07 Å². The number of carbonyl (C=O) groups is 3. The largest absolute Gasteiger partial charge is 0.486 e. The number of aldehydes is 1.